The lowest BCUT2D eigenvalue weighted by molar-refractivity contribution is 0.102. The fourth-order valence-electron chi connectivity index (χ4n) is 3.30. The molecule has 31 heavy (non-hydrogen) atoms. The average molecular weight is 433 g/mol. The number of hydrogen-bond donors (Lipinski definition) is 1. The Balaban J connectivity index is 1.43. The largest absolute Gasteiger partial charge is 0.361 e. The van der Waals surface area contributed by atoms with E-state index >= 15 is 0 Å². The van der Waals surface area contributed by atoms with Crippen LogP contribution in [0.5, 0.6) is 0 Å². The lowest BCUT2D eigenvalue weighted by Crippen LogP contribution is -2.13. The van der Waals surface area contributed by atoms with E-state index < -0.39 is 0 Å². The number of aryl methyl sites for hydroxylation is 3. The monoisotopic (exact) mass is 432 g/mol. The first-order chi connectivity index (χ1) is 15.0. The summed E-state index contributed by atoms with van der Waals surface area (Å²) < 4.78 is 7.33. The number of imidazole rings is 1. The number of nitrogens with one attached hydrogen (secondary N) is 1. The molecule has 0 radical (unpaired) electrons. The number of carbonyl (C=O) groups is 1. The number of rotatable bonds is 7. The van der Waals surface area contributed by atoms with Crippen molar-refractivity contribution in [1.82, 2.24) is 14.7 Å². The van der Waals surface area contributed by atoms with E-state index in [0.29, 0.717) is 11.3 Å². The van der Waals surface area contributed by atoms with E-state index in [-0.39, 0.29) is 5.91 Å². The van der Waals surface area contributed by atoms with Gasteiger partial charge in [-0.25, -0.2) is 4.98 Å². The highest BCUT2D eigenvalue weighted by molar-refractivity contribution is 7.98. The maximum absolute atomic E-state index is 12.9. The van der Waals surface area contributed by atoms with Gasteiger partial charge >= 0.3 is 0 Å². The Hall–Kier alpha value is -3.32. The maximum atomic E-state index is 12.9. The van der Waals surface area contributed by atoms with Gasteiger partial charge in [0.1, 0.15) is 11.6 Å². The lowest BCUT2D eigenvalue weighted by Gasteiger charge is -2.11. The molecular weight excluding hydrogens is 408 g/mol. The highest BCUT2D eigenvalue weighted by Gasteiger charge is 2.14. The minimum Gasteiger partial charge on any atom is -0.361 e. The Morgan fingerprint density at radius 2 is 1.87 bits per heavy atom. The molecule has 0 fully saturated rings. The molecule has 0 atom stereocenters. The van der Waals surface area contributed by atoms with Crippen molar-refractivity contribution < 1.29 is 9.32 Å². The smallest absolute Gasteiger partial charge is 0.256 e. The van der Waals surface area contributed by atoms with Gasteiger partial charge in [0.2, 0.25) is 0 Å². The van der Waals surface area contributed by atoms with Crippen molar-refractivity contribution >= 4 is 23.4 Å². The molecule has 6 nitrogen and oxygen atoms in total. The molecular formula is C24H24N4O2S. The minimum atomic E-state index is -0.125. The number of nitrogens with zero attached hydrogens (tertiary/aromatic N) is 3. The topological polar surface area (TPSA) is 73.0 Å². The van der Waals surface area contributed by atoms with Gasteiger partial charge in [0.15, 0.2) is 0 Å². The fraction of sp³-hybridized carbons (Fsp3) is 0.208. The van der Waals surface area contributed by atoms with Gasteiger partial charge in [-0.15, -0.1) is 11.8 Å². The van der Waals surface area contributed by atoms with E-state index in [9.17, 15) is 4.79 Å². The molecule has 0 aliphatic carbocycles. The van der Waals surface area contributed by atoms with E-state index in [2.05, 4.69) is 20.0 Å². The van der Waals surface area contributed by atoms with Gasteiger partial charge in [-0.1, -0.05) is 29.4 Å². The second-order valence-electron chi connectivity index (χ2n) is 7.34. The summed E-state index contributed by atoms with van der Waals surface area (Å²) in [5.41, 5.74) is 4.52. The van der Waals surface area contributed by atoms with E-state index in [4.69, 9.17) is 4.52 Å². The van der Waals surface area contributed by atoms with Gasteiger partial charge in [-0.2, -0.15) is 0 Å². The van der Waals surface area contributed by atoms with Crippen molar-refractivity contribution in [2.24, 2.45) is 0 Å². The molecule has 1 amide bonds. The molecule has 0 aliphatic rings. The predicted octanol–water partition coefficient (Wildman–Crippen LogP) is 5.39. The Kier molecular flexibility index (Phi) is 6.23. The van der Waals surface area contributed by atoms with Crippen LogP contribution in [-0.4, -0.2) is 20.6 Å². The highest BCUT2D eigenvalue weighted by Crippen LogP contribution is 2.29. The molecule has 0 spiro atoms. The first-order valence-electron chi connectivity index (χ1n) is 10.0. The number of hydrogen-bond acceptors (Lipinski definition) is 5. The second kappa shape index (κ2) is 9.22. The zero-order chi connectivity index (χ0) is 21.8. The van der Waals surface area contributed by atoms with Gasteiger partial charge in [0.25, 0.3) is 5.91 Å². The van der Waals surface area contributed by atoms with Crippen molar-refractivity contribution in [3.63, 3.8) is 0 Å². The fourth-order valence-corrected chi connectivity index (χ4v) is 4.50. The predicted molar refractivity (Wildman–Crippen MR) is 122 cm³/mol. The summed E-state index contributed by atoms with van der Waals surface area (Å²) in [4.78, 5) is 18.1. The van der Waals surface area contributed by atoms with Gasteiger partial charge < -0.3 is 14.4 Å². The quantitative estimate of drug-likeness (QED) is 0.397. The first-order valence-corrected chi connectivity index (χ1v) is 11.0. The number of thioether (sulfide) groups is 1. The zero-order valence-electron chi connectivity index (χ0n) is 17.8. The van der Waals surface area contributed by atoms with Gasteiger partial charge in [-0.3, -0.25) is 4.79 Å². The lowest BCUT2D eigenvalue weighted by atomic mass is 10.1. The van der Waals surface area contributed by atoms with Crippen LogP contribution < -0.4 is 5.32 Å². The minimum absolute atomic E-state index is 0.125. The maximum Gasteiger partial charge on any atom is 0.256 e. The van der Waals surface area contributed by atoms with Crippen molar-refractivity contribution in [2.45, 2.75) is 38.0 Å². The van der Waals surface area contributed by atoms with Crippen LogP contribution in [0.2, 0.25) is 0 Å². The number of carbonyl (C=O) groups excluding carboxylic acids is 1. The summed E-state index contributed by atoms with van der Waals surface area (Å²) in [6.45, 7) is 6.58. The SMILES string of the molecule is Cc1noc(C)c1CSc1ccccc1C(=O)Nc1ccc(Cn2ccnc2C)cc1. The van der Waals surface area contributed by atoms with E-state index in [1.165, 1.54) is 0 Å². The van der Waals surface area contributed by atoms with Crippen LogP contribution >= 0.6 is 11.8 Å². The van der Waals surface area contributed by atoms with Crippen molar-refractivity contribution in [2.75, 3.05) is 5.32 Å². The number of amides is 1. The summed E-state index contributed by atoms with van der Waals surface area (Å²) >= 11 is 1.61. The molecule has 4 rings (SSSR count). The summed E-state index contributed by atoms with van der Waals surface area (Å²) in [6, 6.07) is 15.5. The van der Waals surface area contributed by atoms with Crippen LogP contribution in [0.3, 0.4) is 0 Å². The van der Waals surface area contributed by atoms with E-state index in [1.807, 2.05) is 75.5 Å². The first kappa shape index (κ1) is 20.9. The van der Waals surface area contributed by atoms with Gasteiger partial charge in [0.05, 0.1) is 11.3 Å². The molecule has 7 heteroatoms. The molecule has 0 unspecified atom stereocenters. The standard InChI is InChI=1S/C24H24N4O2S/c1-16-22(17(2)30-27-16)15-31-23-7-5-4-6-21(23)24(29)26-20-10-8-19(9-11-20)14-28-13-12-25-18(28)3/h4-13H,14-15H2,1-3H3,(H,26,29). The van der Waals surface area contributed by atoms with Crippen LogP contribution in [0.25, 0.3) is 0 Å². The molecule has 0 saturated heterocycles. The summed E-state index contributed by atoms with van der Waals surface area (Å²) in [6.07, 6.45) is 3.76. The second-order valence-corrected chi connectivity index (χ2v) is 8.36. The van der Waals surface area contributed by atoms with Crippen molar-refractivity contribution in [3.8, 4) is 0 Å². The molecule has 158 valence electrons. The molecule has 0 bridgehead atoms. The Bertz CT molecular complexity index is 1180. The van der Waals surface area contributed by atoms with E-state index in [1.54, 1.807) is 18.0 Å². The third-order valence-electron chi connectivity index (χ3n) is 5.17. The number of aromatic nitrogens is 3. The Labute approximate surface area is 185 Å². The molecule has 4 aromatic rings. The molecule has 2 aromatic heterocycles. The molecule has 2 aromatic carbocycles. The zero-order valence-corrected chi connectivity index (χ0v) is 18.6. The van der Waals surface area contributed by atoms with Crippen LogP contribution in [0, 0.1) is 20.8 Å². The normalized spacial score (nSPS) is 10.9. The van der Waals surface area contributed by atoms with Crippen LogP contribution in [0.4, 0.5) is 5.69 Å². The van der Waals surface area contributed by atoms with Crippen LogP contribution in [0.15, 0.2) is 70.3 Å². The molecule has 0 aliphatic heterocycles. The van der Waals surface area contributed by atoms with Crippen molar-refractivity contribution in [1.29, 1.82) is 0 Å². The summed E-state index contributed by atoms with van der Waals surface area (Å²) in [5.74, 6) is 2.37. The third kappa shape index (κ3) is 4.88. The molecule has 2 heterocycles. The van der Waals surface area contributed by atoms with Crippen LogP contribution in [-0.2, 0) is 12.3 Å². The van der Waals surface area contributed by atoms with Crippen LogP contribution in [0.1, 0.15) is 38.8 Å². The van der Waals surface area contributed by atoms with E-state index in [0.717, 1.165) is 45.5 Å². The highest BCUT2D eigenvalue weighted by atomic mass is 32.2. The third-order valence-corrected chi connectivity index (χ3v) is 6.27. The Morgan fingerprint density at radius 1 is 1.10 bits per heavy atom. The van der Waals surface area contributed by atoms with Crippen molar-refractivity contribution in [3.05, 3.63) is 94.9 Å². The van der Waals surface area contributed by atoms with Gasteiger partial charge in [0, 0.05) is 40.8 Å². The average Bonchev–Trinajstić information content (AvgIpc) is 3.32. The molecule has 0 saturated carbocycles. The Morgan fingerprint density at radius 3 is 2.55 bits per heavy atom. The summed E-state index contributed by atoms with van der Waals surface area (Å²) in [7, 11) is 0. The van der Waals surface area contributed by atoms with Gasteiger partial charge in [-0.05, 0) is 50.6 Å². The number of benzene rings is 2. The summed E-state index contributed by atoms with van der Waals surface area (Å²) in [5, 5.41) is 7.01. The molecule has 1 N–H and O–H groups in total. The number of anilines is 1.